The zero-order valence-electron chi connectivity index (χ0n) is 16.3. The Hall–Kier alpha value is -0.610. The van der Waals surface area contributed by atoms with Crippen molar-refractivity contribution in [3.63, 3.8) is 0 Å². The first-order chi connectivity index (χ1) is 12.1. The summed E-state index contributed by atoms with van der Waals surface area (Å²) in [5.41, 5.74) is 0. The zero-order valence-corrected chi connectivity index (χ0v) is 18.7. The minimum absolute atomic E-state index is 0. The number of hydrogen-bond acceptors (Lipinski definition) is 4. The number of piperidine rings is 1. The van der Waals surface area contributed by atoms with Crippen molar-refractivity contribution in [1.82, 2.24) is 20.4 Å². The van der Waals surface area contributed by atoms with Crippen LogP contribution < -0.4 is 10.6 Å². The molecule has 0 saturated carbocycles. The molecular formula is C18H36IN5O2. The maximum Gasteiger partial charge on any atom is 0.243 e. The summed E-state index contributed by atoms with van der Waals surface area (Å²) in [7, 11) is 3.51. The number of carbonyl (C=O) groups is 1. The second kappa shape index (κ2) is 13.5. The van der Waals surface area contributed by atoms with Gasteiger partial charge in [-0.25, -0.2) is 4.99 Å². The fraction of sp³-hybridized carbons (Fsp3) is 0.889. The second-order valence-corrected chi connectivity index (χ2v) is 7.15. The first kappa shape index (κ1) is 23.4. The molecule has 2 fully saturated rings. The summed E-state index contributed by atoms with van der Waals surface area (Å²) in [6.07, 6.45) is 7.66. The van der Waals surface area contributed by atoms with Gasteiger partial charge in [0.25, 0.3) is 0 Å². The van der Waals surface area contributed by atoms with Gasteiger partial charge in [0.1, 0.15) is 6.54 Å². The Labute approximate surface area is 175 Å². The number of ether oxygens (including phenoxy) is 1. The van der Waals surface area contributed by atoms with Crippen LogP contribution in [0.2, 0.25) is 0 Å². The minimum atomic E-state index is 0. The van der Waals surface area contributed by atoms with Crippen molar-refractivity contribution in [1.29, 1.82) is 0 Å². The molecule has 0 spiro atoms. The van der Waals surface area contributed by atoms with Gasteiger partial charge >= 0.3 is 0 Å². The maximum atomic E-state index is 11.8. The van der Waals surface area contributed by atoms with Gasteiger partial charge in [-0.2, -0.15) is 0 Å². The number of carbonyl (C=O) groups excluding carboxylic acids is 1. The lowest BCUT2D eigenvalue weighted by Gasteiger charge is -2.27. The van der Waals surface area contributed by atoms with E-state index >= 15 is 0 Å². The Morgan fingerprint density at radius 2 is 1.92 bits per heavy atom. The van der Waals surface area contributed by atoms with Crippen LogP contribution in [0.5, 0.6) is 0 Å². The highest BCUT2D eigenvalue weighted by Gasteiger charge is 2.15. The van der Waals surface area contributed by atoms with E-state index in [1.165, 1.54) is 38.8 Å². The fourth-order valence-corrected chi connectivity index (χ4v) is 3.16. The van der Waals surface area contributed by atoms with Crippen LogP contribution in [0, 0.1) is 0 Å². The van der Waals surface area contributed by atoms with Crippen molar-refractivity contribution >= 4 is 35.8 Å². The summed E-state index contributed by atoms with van der Waals surface area (Å²) in [6.45, 7) is 5.99. The maximum absolute atomic E-state index is 11.8. The van der Waals surface area contributed by atoms with Gasteiger partial charge in [0, 0.05) is 40.3 Å². The molecular weight excluding hydrogens is 445 g/mol. The topological polar surface area (TPSA) is 69.2 Å². The SMILES string of the molecule is CN(C)C(=O)CN=C(NCCN1CCCCC1)NCC1CCCCO1.I. The number of aliphatic imine (C=N–C) groups is 1. The van der Waals surface area contributed by atoms with E-state index in [4.69, 9.17) is 4.74 Å². The first-order valence-electron chi connectivity index (χ1n) is 9.71. The Kier molecular flexibility index (Phi) is 12.2. The van der Waals surface area contributed by atoms with E-state index in [9.17, 15) is 4.79 Å². The van der Waals surface area contributed by atoms with Crippen molar-refractivity contribution in [3.8, 4) is 0 Å². The van der Waals surface area contributed by atoms with Crippen molar-refractivity contribution in [3.05, 3.63) is 0 Å². The molecule has 152 valence electrons. The zero-order chi connectivity index (χ0) is 17.9. The highest BCUT2D eigenvalue weighted by Crippen LogP contribution is 2.11. The van der Waals surface area contributed by atoms with E-state index in [2.05, 4.69) is 20.5 Å². The molecule has 0 radical (unpaired) electrons. The molecule has 2 aliphatic rings. The van der Waals surface area contributed by atoms with Crippen LogP contribution in [0.15, 0.2) is 4.99 Å². The number of nitrogens with zero attached hydrogens (tertiary/aromatic N) is 3. The molecule has 0 aromatic heterocycles. The predicted octanol–water partition coefficient (Wildman–Crippen LogP) is 1.28. The number of halogens is 1. The molecule has 1 amide bonds. The number of amides is 1. The Bertz CT molecular complexity index is 422. The van der Waals surface area contributed by atoms with Gasteiger partial charge in [-0.05, 0) is 45.2 Å². The molecule has 26 heavy (non-hydrogen) atoms. The van der Waals surface area contributed by atoms with E-state index in [1.54, 1.807) is 19.0 Å². The van der Waals surface area contributed by atoms with Crippen LogP contribution in [-0.4, -0.2) is 87.7 Å². The normalized spacial score (nSPS) is 21.6. The van der Waals surface area contributed by atoms with Gasteiger partial charge in [0.15, 0.2) is 5.96 Å². The van der Waals surface area contributed by atoms with Crippen molar-refractivity contribution in [2.45, 2.75) is 44.6 Å². The lowest BCUT2D eigenvalue weighted by atomic mass is 10.1. The van der Waals surface area contributed by atoms with Crippen LogP contribution in [-0.2, 0) is 9.53 Å². The van der Waals surface area contributed by atoms with Crippen LogP contribution in [0.3, 0.4) is 0 Å². The van der Waals surface area contributed by atoms with Gasteiger partial charge in [-0.1, -0.05) is 6.42 Å². The smallest absolute Gasteiger partial charge is 0.243 e. The third-order valence-electron chi connectivity index (χ3n) is 4.81. The summed E-state index contributed by atoms with van der Waals surface area (Å²) >= 11 is 0. The standard InChI is InChI=1S/C18H35N5O2.HI/c1-22(2)17(24)15-21-18(20-14-16-8-4-7-13-25-16)19-9-12-23-10-5-3-6-11-23;/h16H,3-15H2,1-2H3,(H2,19,20,21);1H. The molecule has 2 saturated heterocycles. The largest absolute Gasteiger partial charge is 0.376 e. The Morgan fingerprint density at radius 3 is 2.58 bits per heavy atom. The predicted molar refractivity (Wildman–Crippen MR) is 116 cm³/mol. The number of nitrogens with one attached hydrogen (secondary N) is 2. The van der Waals surface area contributed by atoms with E-state index < -0.39 is 0 Å². The first-order valence-corrected chi connectivity index (χ1v) is 9.71. The Morgan fingerprint density at radius 1 is 1.15 bits per heavy atom. The number of likely N-dealkylation sites (N-methyl/N-ethyl adjacent to an activating group) is 1. The van der Waals surface area contributed by atoms with Gasteiger partial charge in [-0.15, -0.1) is 24.0 Å². The summed E-state index contributed by atoms with van der Waals surface area (Å²) < 4.78 is 5.76. The molecule has 8 heteroatoms. The molecule has 0 aromatic carbocycles. The lowest BCUT2D eigenvalue weighted by Crippen LogP contribution is -2.46. The molecule has 0 aromatic rings. The van der Waals surface area contributed by atoms with Crippen LogP contribution in [0.1, 0.15) is 38.5 Å². The van der Waals surface area contributed by atoms with E-state index in [0.717, 1.165) is 39.1 Å². The quantitative estimate of drug-likeness (QED) is 0.326. The van der Waals surface area contributed by atoms with Crippen LogP contribution in [0.4, 0.5) is 0 Å². The summed E-state index contributed by atoms with van der Waals surface area (Å²) in [5, 5.41) is 6.72. The fourth-order valence-electron chi connectivity index (χ4n) is 3.16. The van der Waals surface area contributed by atoms with Gasteiger partial charge in [-0.3, -0.25) is 4.79 Å². The number of hydrogen-bond donors (Lipinski definition) is 2. The number of likely N-dealkylation sites (tertiary alicyclic amines) is 1. The third kappa shape index (κ3) is 9.36. The lowest BCUT2D eigenvalue weighted by molar-refractivity contribution is -0.127. The molecule has 7 nitrogen and oxygen atoms in total. The highest BCUT2D eigenvalue weighted by atomic mass is 127. The number of guanidine groups is 1. The van der Waals surface area contributed by atoms with E-state index in [-0.39, 0.29) is 42.5 Å². The van der Waals surface area contributed by atoms with Crippen molar-refractivity contribution in [2.75, 3.05) is 60.0 Å². The van der Waals surface area contributed by atoms with Crippen LogP contribution >= 0.6 is 24.0 Å². The second-order valence-electron chi connectivity index (χ2n) is 7.15. The summed E-state index contributed by atoms with van der Waals surface area (Å²) in [6, 6.07) is 0. The minimum Gasteiger partial charge on any atom is -0.376 e. The van der Waals surface area contributed by atoms with E-state index in [1.807, 2.05) is 0 Å². The van der Waals surface area contributed by atoms with E-state index in [0.29, 0.717) is 5.96 Å². The molecule has 0 aliphatic carbocycles. The van der Waals surface area contributed by atoms with Crippen LogP contribution in [0.25, 0.3) is 0 Å². The molecule has 2 heterocycles. The van der Waals surface area contributed by atoms with Gasteiger partial charge in [0.05, 0.1) is 6.10 Å². The third-order valence-corrected chi connectivity index (χ3v) is 4.81. The van der Waals surface area contributed by atoms with Crippen molar-refractivity contribution < 1.29 is 9.53 Å². The molecule has 0 bridgehead atoms. The Balaban J connectivity index is 0.00000338. The van der Waals surface area contributed by atoms with Crippen molar-refractivity contribution in [2.24, 2.45) is 4.99 Å². The molecule has 1 atom stereocenters. The highest BCUT2D eigenvalue weighted by molar-refractivity contribution is 14.0. The average molecular weight is 481 g/mol. The molecule has 2 rings (SSSR count). The average Bonchev–Trinajstić information content (AvgIpc) is 2.64. The van der Waals surface area contributed by atoms with Gasteiger partial charge < -0.3 is 25.2 Å². The molecule has 2 N–H and O–H groups in total. The number of rotatable bonds is 7. The molecule has 2 aliphatic heterocycles. The summed E-state index contributed by atoms with van der Waals surface area (Å²) in [4.78, 5) is 20.3. The monoisotopic (exact) mass is 481 g/mol. The molecule has 1 unspecified atom stereocenters. The summed E-state index contributed by atoms with van der Waals surface area (Å²) in [5.74, 6) is 0.715. The van der Waals surface area contributed by atoms with Gasteiger partial charge in [0.2, 0.25) is 5.91 Å².